The van der Waals surface area contributed by atoms with Crippen LogP contribution in [0.15, 0.2) is 24.3 Å². The molecule has 6 N–H and O–H groups in total. The number of aliphatic hydroxyl groups excluding tert-OH is 4. The third-order valence-corrected chi connectivity index (χ3v) is 6.22. The summed E-state index contributed by atoms with van der Waals surface area (Å²) in [4.78, 5) is 23.9. The van der Waals surface area contributed by atoms with Gasteiger partial charge in [-0.15, -0.1) is 0 Å². The minimum atomic E-state index is -1.57. The topological polar surface area (TPSA) is 165 Å². The van der Waals surface area contributed by atoms with Crippen molar-refractivity contribution in [3.8, 4) is 0 Å². The summed E-state index contributed by atoms with van der Waals surface area (Å²) in [6, 6.07) is 5.46. The Kier molecular flexibility index (Phi) is 9.70. The number of rotatable bonds is 9. The van der Waals surface area contributed by atoms with Crippen LogP contribution >= 0.6 is 11.8 Å². The van der Waals surface area contributed by atoms with Crippen molar-refractivity contribution in [2.24, 2.45) is 0 Å². The third kappa shape index (κ3) is 7.14. The zero-order chi connectivity index (χ0) is 21.4. The number of aliphatic hydroxyl groups is 4. The predicted molar refractivity (Wildman–Crippen MR) is 105 cm³/mol. The summed E-state index contributed by atoms with van der Waals surface area (Å²) in [5.74, 6) is -0.296. The number of benzene rings is 1. The number of amides is 2. The molecule has 160 valence electrons. The molecule has 2 amide bonds. The minimum absolute atomic E-state index is 0.0226. The number of thioether (sulfide) groups is 1. The van der Waals surface area contributed by atoms with Crippen molar-refractivity contribution in [2.45, 2.75) is 37.1 Å². The van der Waals surface area contributed by atoms with Crippen molar-refractivity contribution in [1.29, 1.82) is 0 Å². The van der Waals surface area contributed by atoms with Gasteiger partial charge in [0.2, 0.25) is 0 Å². The van der Waals surface area contributed by atoms with Crippen molar-refractivity contribution in [1.82, 2.24) is 5.32 Å². The quantitative estimate of drug-likeness (QED) is 0.160. The van der Waals surface area contributed by atoms with Gasteiger partial charge in [0.15, 0.2) is 6.29 Å². The average Bonchev–Trinajstić information content (AvgIpc) is 2.71. The van der Waals surface area contributed by atoms with Crippen LogP contribution in [-0.4, -0.2) is 96.7 Å². The molecule has 1 aromatic rings. The van der Waals surface area contributed by atoms with Gasteiger partial charge in [-0.25, -0.2) is 0 Å². The molecule has 0 aliphatic carbocycles. The van der Waals surface area contributed by atoms with Gasteiger partial charge in [0, 0.05) is 0 Å². The number of hydrogen-bond acceptors (Lipinski definition) is 9. The van der Waals surface area contributed by atoms with Gasteiger partial charge in [-0.05, 0) is 0 Å². The van der Waals surface area contributed by atoms with Gasteiger partial charge in [0.1, 0.15) is 24.4 Å². The maximum absolute atomic E-state index is 12.0. The van der Waals surface area contributed by atoms with Crippen molar-refractivity contribution in [3.63, 3.8) is 0 Å². The van der Waals surface area contributed by atoms with Crippen LogP contribution in [-0.2, 0) is 18.1 Å². The molecule has 0 spiro atoms. The molecular formula is C17H23AsN2O8S. The fourth-order valence-corrected chi connectivity index (χ4v) is 3.94. The van der Waals surface area contributed by atoms with Crippen LogP contribution in [0.25, 0.3) is 0 Å². The fraction of sp³-hybridized carbons (Fsp3) is 0.529. The van der Waals surface area contributed by atoms with E-state index in [0.717, 1.165) is 4.35 Å². The van der Waals surface area contributed by atoms with E-state index >= 15 is 0 Å². The predicted octanol–water partition coefficient (Wildman–Crippen LogP) is -2.66. The molecule has 1 aliphatic heterocycles. The van der Waals surface area contributed by atoms with Crippen LogP contribution in [0.4, 0.5) is 5.69 Å². The molecule has 1 aliphatic rings. The second kappa shape index (κ2) is 11.8. The fourth-order valence-electron chi connectivity index (χ4n) is 2.64. The van der Waals surface area contributed by atoms with E-state index in [2.05, 4.69) is 10.6 Å². The van der Waals surface area contributed by atoms with E-state index in [9.17, 15) is 28.6 Å². The van der Waals surface area contributed by atoms with Crippen LogP contribution in [0.5, 0.6) is 0 Å². The van der Waals surface area contributed by atoms with E-state index in [1.54, 1.807) is 24.3 Å². The summed E-state index contributed by atoms with van der Waals surface area (Å²) in [6.07, 6.45) is -5.62. The Morgan fingerprint density at radius 3 is 2.41 bits per heavy atom. The molecule has 0 radical (unpaired) electrons. The first-order valence-corrected chi connectivity index (χ1v) is 11.6. The Labute approximate surface area is 177 Å². The molecule has 1 aromatic carbocycles. The van der Waals surface area contributed by atoms with Gasteiger partial charge in [0.25, 0.3) is 0 Å². The van der Waals surface area contributed by atoms with Crippen LogP contribution in [0, 0.1) is 0 Å². The molecular weight excluding hydrogens is 467 g/mol. The van der Waals surface area contributed by atoms with Gasteiger partial charge in [-0.2, -0.15) is 0 Å². The zero-order valence-corrected chi connectivity index (χ0v) is 18.0. The van der Waals surface area contributed by atoms with Crippen molar-refractivity contribution < 1.29 is 38.5 Å². The monoisotopic (exact) mass is 490 g/mol. The molecule has 0 bridgehead atoms. The molecule has 0 saturated carbocycles. The van der Waals surface area contributed by atoms with Crippen LogP contribution < -0.4 is 15.0 Å². The number of nitrogens with one attached hydrogen (secondary N) is 2. The summed E-state index contributed by atoms with van der Waals surface area (Å²) in [6.45, 7) is -0.585. The Morgan fingerprint density at radius 2 is 1.79 bits per heavy atom. The van der Waals surface area contributed by atoms with Crippen molar-refractivity contribution in [2.75, 3.05) is 23.4 Å². The molecule has 1 saturated heterocycles. The summed E-state index contributed by atoms with van der Waals surface area (Å²) in [5.41, 5.74) is 0.590. The molecule has 1 heterocycles. The number of carbonyl (C=O) groups is 2. The number of hydrogen-bond donors (Lipinski definition) is 6. The molecule has 5 atom stereocenters. The average molecular weight is 490 g/mol. The van der Waals surface area contributed by atoms with E-state index in [1.165, 1.54) is 11.8 Å². The second-order valence-electron chi connectivity index (χ2n) is 6.31. The standard InChI is InChI=1S/C17H23AsN2O8S/c21-7-11-15(24)16(25)14(17(26)28-11)20-12(22)5-6-29-8-13(23)19-10-3-1-9(18-27)2-4-10/h1-4,11,14-17,21,24-26H,5-8H2,(H,19,23)(H,20,22)/t11-,14-,15-,16-,17?/m1/s1. The molecule has 29 heavy (non-hydrogen) atoms. The summed E-state index contributed by atoms with van der Waals surface area (Å²) in [7, 11) is 0. The number of anilines is 1. The molecule has 1 unspecified atom stereocenters. The van der Waals surface area contributed by atoms with E-state index < -0.39 is 58.8 Å². The molecule has 1 fully saturated rings. The first-order chi connectivity index (χ1) is 13.8. The van der Waals surface area contributed by atoms with Gasteiger partial charge in [-0.3, -0.25) is 0 Å². The molecule has 0 aromatic heterocycles. The third-order valence-electron chi connectivity index (χ3n) is 4.19. The van der Waals surface area contributed by atoms with Crippen LogP contribution in [0.1, 0.15) is 6.42 Å². The molecule has 12 heteroatoms. The Balaban J connectivity index is 1.68. The van der Waals surface area contributed by atoms with Crippen LogP contribution in [0.3, 0.4) is 0 Å². The van der Waals surface area contributed by atoms with E-state index in [0.29, 0.717) is 11.4 Å². The normalized spacial score (nSPS) is 26.8. The number of carbonyl (C=O) groups excluding carboxylic acids is 2. The van der Waals surface area contributed by atoms with Gasteiger partial charge in [-0.1, -0.05) is 0 Å². The maximum atomic E-state index is 12.0. The first-order valence-electron chi connectivity index (χ1n) is 8.76. The van der Waals surface area contributed by atoms with Gasteiger partial charge < -0.3 is 25.2 Å². The molecule has 10 nitrogen and oxygen atoms in total. The molecule has 2 rings (SSSR count). The van der Waals surface area contributed by atoms with Gasteiger partial charge >= 0.3 is 115 Å². The zero-order valence-electron chi connectivity index (χ0n) is 15.3. The van der Waals surface area contributed by atoms with Crippen molar-refractivity contribution in [3.05, 3.63) is 24.3 Å². The summed E-state index contributed by atoms with van der Waals surface area (Å²) >= 11 is 0.131. The SMILES string of the molecule is O=[As]c1ccc(NC(=O)CSCCC(=O)N[C@H]2C(O)O[C@H](CO)[C@@H](O)[C@@H]2O)cc1. The Hall–Kier alpha value is -1.33. The summed E-state index contributed by atoms with van der Waals surface area (Å²) in [5, 5.41) is 43.7. The Morgan fingerprint density at radius 1 is 1.10 bits per heavy atom. The van der Waals surface area contributed by atoms with E-state index in [1.807, 2.05) is 0 Å². The second-order valence-corrected chi connectivity index (χ2v) is 8.88. The Bertz CT molecular complexity index is 707. The van der Waals surface area contributed by atoms with Crippen LogP contribution in [0.2, 0.25) is 0 Å². The number of ether oxygens (including phenoxy) is 1. The van der Waals surface area contributed by atoms with E-state index in [4.69, 9.17) is 9.84 Å². The van der Waals surface area contributed by atoms with Gasteiger partial charge in [0.05, 0.1) is 6.61 Å². The van der Waals surface area contributed by atoms with Crippen molar-refractivity contribution >= 4 is 49.3 Å². The summed E-state index contributed by atoms with van der Waals surface area (Å²) < 4.78 is 16.5. The van der Waals surface area contributed by atoms with E-state index in [-0.39, 0.29) is 18.1 Å². The first kappa shape index (κ1) is 23.9.